The molecule has 2 rings (SSSR count). The Kier molecular flexibility index (Phi) is 4.88. The van der Waals surface area contributed by atoms with Crippen LogP contribution in [0.4, 0.5) is 8.78 Å². The Balaban J connectivity index is 2.06. The Morgan fingerprint density at radius 3 is 2.32 bits per heavy atom. The predicted octanol–water partition coefficient (Wildman–Crippen LogP) is 3.17. The Morgan fingerprint density at radius 2 is 1.79 bits per heavy atom. The molecule has 0 aliphatic heterocycles. The minimum absolute atomic E-state index is 0.0566. The van der Waals surface area contributed by atoms with Crippen molar-refractivity contribution in [3.8, 4) is 0 Å². The summed E-state index contributed by atoms with van der Waals surface area (Å²) in [7, 11) is 0. The summed E-state index contributed by atoms with van der Waals surface area (Å²) in [4.78, 5) is 0. The number of nitrogens with one attached hydrogen (secondary N) is 1. The molecule has 0 saturated heterocycles. The molecule has 1 saturated carbocycles. The number of halogens is 2. The molecule has 1 fully saturated rings. The van der Waals surface area contributed by atoms with Gasteiger partial charge in [-0.1, -0.05) is 25.8 Å². The third kappa shape index (κ3) is 3.51. The van der Waals surface area contributed by atoms with Crippen molar-refractivity contribution in [3.05, 3.63) is 35.4 Å². The van der Waals surface area contributed by atoms with E-state index < -0.39 is 11.6 Å². The van der Waals surface area contributed by atoms with Gasteiger partial charge in [-0.25, -0.2) is 8.78 Å². The second kappa shape index (κ2) is 6.44. The molecule has 0 radical (unpaired) electrons. The first-order valence-corrected chi connectivity index (χ1v) is 7.00. The van der Waals surface area contributed by atoms with E-state index in [9.17, 15) is 8.78 Å². The second-order valence-corrected chi connectivity index (χ2v) is 5.70. The van der Waals surface area contributed by atoms with Gasteiger partial charge < -0.3 is 0 Å². The fraction of sp³-hybridized carbons (Fsp3) is 0.600. The minimum Gasteiger partial charge on any atom is -0.271 e. The maximum absolute atomic E-state index is 13.7. The van der Waals surface area contributed by atoms with Gasteiger partial charge in [-0.3, -0.25) is 11.3 Å². The fourth-order valence-corrected chi connectivity index (χ4v) is 3.00. The van der Waals surface area contributed by atoms with E-state index in [0.717, 1.165) is 18.8 Å². The van der Waals surface area contributed by atoms with E-state index in [1.54, 1.807) is 0 Å². The number of hydrazine groups is 1. The number of nitrogens with two attached hydrogens (primary N) is 1. The maximum Gasteiger partial charge on any atom is 0.129 e. The lowest BCUT2D eigenvalue weighted by molar-refractivity contribution is 0.228. The molecule has 0 amide bonds. The van der Waals surface area contributed by atoms with Crippen LogP contribution in [0.15, 0.2) is 18.2 Å². The highest BCUT2D eigenvalue weighted by atomic mass is 19.1. The van der Waals surface area contributed by atoms with Crippen molar-refractivity contribution in [3.63, 3.8) is 0 Å². The standard InChI is InChI=1S/C15H22F2N2/c1-10-5-7-11(8-6-10)15(19-18)9-12-13(16)3-2-4-14(12)17/h2-4,10-11,15,19H,5-9,18H2,1H3. The van der Waals surface area contributed by atoms with E-state index in [0.29, 0.717) is 12.3 Å². The average molecular weight is 268 g/mol. The summed E-state index contributed by atoms with van der Waals surface area (Å²) in [5, 5.41) is 0. The first kappa shape index (κ1) is 14.4. The molecule has 1 aliphatic rings. The van der Waals surface area contributed by atoms with Crippen molar-refractivity contribution in [2.45, 2.75) is 45.1 Å². The SMILES string of the molecule is CC1CCC(C(Cc2c(F)cccc2F)NN)CC1. The lowest BCUT2D eigenvalue weighted by Crippen LogP contribution is -2.44. The largest absolute Gasteiger partial charge is 0.271 e. The van der Waals surface area contributed by atoms with Crippen molar-refractivity contribution in [2.75, 3.05) is 0 Å². The number of hydrogen-bond donors (Lipinski definition) is 2. The van der Waals surface area contributed by atoms with Crippen molar-refractivity contribution in [1.29, 1.82) is 0 Å². The molecular formula is C15H22F2N2. The van der Waals surface area contributed by atoms with Crippen LogP contribution in [-0.2, 0) is 6.42 Å². The molecule has 0 aromatic heterocycles. The first-order chi connectivity index (χ1) is 9.11. The molecule has 1 unspecified atom stereocenters. The van der Waals surface area contributed by atoms with E-state index in [2.05, 4.69) is 12.3 Å². The minimum atomic E-state index is -0.482. The highest BCUT2D eigenvalue weighted by Crippen LogP contribution is 2.31. The van der Waals surface area contributed by atoms with Crippen molar-refractivity contribution in [2.24, 2.45) is 17.7 Å². The average Bonchev–Trinajstić information content (AvgIpc) is 2.40. The zero-order valence-electron chi connectivity index (χ0n) is 11.3. The molecule has 1 aliphatic carbocycles. The summed E-state index contributed by atoms with van der Waals surface area (Å²) in [5.74, 6) is 5.78. The summed E-state index contributed by atoms with van der Waals surface area (Å²) < 4.78 is 27.3. The van der Waals surface area contributed by atoms with Crippen LogP contribution < -0.4 is 11.3 Å². The second-order valence-electron chi connectivity index (χ2n) is 5.70. The zero-order chi connectivity index (χ0) is 13.8. The van der Waals surface area contributed by atoms with E-state index in [1.807, 2.05) is 0 Å². The summed E-state index contributed by atoms with van der Waals surface area (Å²) in [6.45, 7) is 2.25. The third-order valence-electron chi connectivity index (χ3n) is 4.33. The molecular weight excluding hydrogens is 246 g/mol. The van der Waals surface area contributed by atoms with E-state index in [1.165, 1.54) is 31.0 Å². The maximum atomic E-state index is 13.7. The first-order valence-electron chi connectivity index (χ1n) is 7.00. The van der Waals surface area contributed by atoms with Gasteiger partial charge in [0.1, 0.15) is 11.6 Å². The summed E-state index contributed by atoms with van der Waals surface area (Å²) in [6.07, 6.45) is 4.80. The number of hydrogen-bond acceptors (Lipinski definition) is 2. The molecule has 1 aromatic rings. The van der Waals surface area contributed by atoms with Gasteiger partial charge >= 0.3 is 0 Å². The van der Waals surface area contributed by atoms with Gasteiger partial charge in [-0.15, -0.1) is 0 Å². The van der Waals surface area contributed by atoms with Gasteiger partial charge in [0.05, 0.1) is 0 Å². The smallest absolute Gasteiger partial charge is 0.129 e. The van der Waals surface area contributed by atoms with Crippen LogP contribution in [0.5, 0.6) is 0 Å². The molecule has 3 N–H and O–H groups in total. The van der Waals surface area contributed by atoms with Crippen LogP contribution in [-0.4, -0.2) is 6.04 Å². The molecule has 1 atom stereocenters. The normalized spacial score (nSPS) is 25.3. The lowest BCUT2D eigenvalue weighted by Gasteiger charge is -2.32. The number of rotatable bonds is 4. The van der Waals surface area contributed by atoms with E-state index >= 15 is 0 Å². The Bertz CT molecular complexity index is 394. The molecule has 1 aromatic carbocycles. The van der Waals surface area contributed by atoms with Gasteiger partial charge in [0, 0.05) is 11.6 Å². The lowest BCUT2D eigenvalue weighted by atomic mass is 9.78. The summed E-state index contributed by atoms with van der Waals surface area (Å²) >= 11 is 0. The highest BCUT2D eigenvalue weighted by Gasteiger charge is 2.27. The fourth-order valence-electron chi connectivity index (χ4n) is 3.00. The highest BCUT2D eigenvalue weighted by molar-refractivity contribution is 5.21. The third-order valence-corrected chi connectivity index (χ3v) is 4.33. The van der Waals surface area contributed by atoms with Crippen LogP contribution in [0.2, 0.25) is 0 Å². The molecule has 0 bridgehead atoms. The zero-order valence-corrected chi connectivity index (χ0v) is 11.3. The van der Waals surface area contributed by atoms with Gasteiger partial charge in [-0.05, 0) is 43.2 Å². The van der Waals surface area contributed by atoms with Crippen LogP contribution in [0.25, 0.3) is 0 Å². The van der Waals surface area contributed by atoms with Gasteiger partial charge in [0.15, 0.2) is 0 Å². The summed E-state index contributed by atoms with van der Waals surface area (Å²) in [6, 6.07) is 3.93. The Hall–Kier alpha value is -1.00. The van der Waals surface area contributed by atoms with Gasteiger partial charge in [-0.2, -0.15) is 0 Å². The number of benzene rings is 1. The van der Waals surface area contributed by atoms with Crippen LogP contribution in [0, 0.1) is 23.5 Å². The van der Waals surface area contributed by atoms with E-state index in [4.69, 9.17) is 5.84 Å². The van der Waals surface area contributed by atoms with Crippen molar-refractivity contribution in [1.82, 2.24) is 5.43 Å². The quantitative estimate of drug-likeness (QED) is 0.650. The van der Waals surface area contributed by atoms with Gasteiger partial charge in [0.25, 0.3) is 0 Å². The summed E-state index contributed by atoms with van der Waals surface area (Å²) in [5.41, 5.74) is 2.90. The molecule has 19 heavy (non-hydrogen) atoms. The monoisotopic (exact) mass is 268 g/mol. The van der Waals surface area contributed by atoms with Crippen LogP contribution >= 0.6 is 0 Å². The predicted molar refractivity (Wildman–Crippen MR) is 72.3 cm³/mol. The molecule has 2 nitrogen and oxygen atoms in total. The Labute approximate surface area is 113 Å². The van der Waals surface area contributed by atoms with Crippen LogP contribution in [0.3, 0.4) is 0 Å². The Morgan fingerprint density at radius 1 is 1.21 bits per heavy atom. The van der Waals surface area contributed by atoms with Crippen LogP contribution in [0.1, 0.15) is 38.2 Å². The molecule has 4 heteroatoms. The van der Waals surface area contributed by atoms with Crippen molar-refractivity contribution >= 4 is 0 Å². The van der Waals surface area contributed by atoms with Crippen molar-refractivity contribution < 1.29 is 8.78 Å². The molecule has 0 heterocycles. The molecule has 0 spiro atoms. The topological polar surface area (TPSA) is 38.0 Å². The van der Waals surface area contributed by atoms with E-state index in [-0.39, 0.29) is 11.6 Å². The molecule has 106 valence electrons. The van der Waals surface area contributed by atoms with Gasteiger partial charge in [0.2, 0.25) is 0 Å².